The Morgan fingerprint density at radius 2 is 1.60 bits per heavy atom. The Kier molecular flexibility index (Phi) is 8.73. The van der Waals surface area contributed by atoms with Crippen molar-refractivity contribution in [2.45, 2.75) is 102 Å². The zero-order chi connectivity index (χ0) is 26.3. The summed E-state index contributed by atoms with van der Waals surface area (Å²) in [6.07, 6.45) is -0.271. The lowest BCUT2D eigenvalue weighted by Crippen LogP contribution is -2.65. The first kappa shape index (κ1) is 28.5. The minimum atomic E-state index is -2.83. The van der Waals surface area contributed by atoms with E-state index in [-0.39, 0.29) is 34.0 Å². The first-order valence-corrected chi connectivity index (χ1v) is 16.7. The molecule has 2 aliphatic heterocycles. The van der Waals surface area contributed by atoms with Gasteiger partial charge in [-0.3, -0.25) is 4.57 Å². The van der Waals surface area contributed by atoms with Gasteiger partial charge in [-0.15, -0.1) is 0 Å². The zero-order valence-corrected chi connectivity index (χ0v) is 25.3. The Balaban J connectivity index is 2.09. The number of nitrogens with zero attached hydrogens (tertiary/aromatic N) is 3. The summed E-state index contributed by atoms with van der Waals surface area (Å²) in [4.78, 5) is 19.0. The van der Waals surface area contributed by atoms with Crippen LogP contribution in [-0.4, -0.2) is 72.8 Å². The van der Waals surface area contributed by atoms with Crippen LogP contribution in [0.1, 0.15) is 61.6 Å². The van der Waals surface area contributed by atoms with Crippen molar-refractivity contribution in [1.82, 2.24) is 9.55 Å². The maximum absolute atomic E-state index is 13.0. The summed E-state index contributed by atoms with van der Waals surface area (Å²) in [5, 5.41) is 0. The normalized spacial score (nSPS) is 28.4. The number of aromatic nitrogens is 2. The molecule has 200 valence electrons. The van der Waals surface area contributed by atoms with Crippen LogP contribution in [0.15, 0.2) is 17.1 Å². The predicted octanol–water partition coefficient (Wildman–Crippen LogP) is 4.18. The maximum Gasteiger partial charge on any atom is 0.351 e. The molecule has 0 saturated carbocycles. The van der Waals surface area contributed by atoms with E-state index >= 15 is 0 Å². The third-order valence-electron chi connectivity index (χ3n) is 7.44. The van der Waals surface area contributed by atoms with Crippen LogP contribution in [-0.2, 0) is 22.4 Å². The van der Waals surface area contributed by atoms with E-state index in [0.717, 1.165) is 0 Å². The van der Waals surface area contributed by atoms with E-state index in [1.165, 1.54) is 4.57 Å². The quantitative estimate of drug-likeness (QED) is 0.489. The molecule has 2 saturated heterocycles. The second-order valence-corrected chi connectivity index (χ2v) is 20.0. The molecule has 4 atom stereocenters. The molecule has 0 unspecified atom stereocenters. The van der Waals surface area contributed by atoms with Gasteiger partial charge in [0.05, 0.1) is 6.61 Å². The van der Waals surface area contributed by atoms with Crippen LogP contribution in [0.4, 0.5) is 5.82 Å². The fraction of sp³-hybridized carbons (Fsp3) is 0.833. The van der Waals surface area contributed by atoms with Gasteiger partial charge in [0.25, 0.3) is 0 Å². The Morgan fingerprint density at radius 3 is 2.06 bits per heavy atom. The molecule has 2 fully saturated rings. The second-order valence-electron chi connectivity index (χ2n) is 11.2. The summed E-state index contributed by atoms with van der Waals surface area (Å²) in [5.74, 6) is 0.591. The van der Waals surface area contributed by atoms with Crippen molar-refractivity contribution >= 4 is 22.9 Å². The highest BCUT2D eigenvalue weighted by Gasteiger charge is 2.62. The van der Waals surface area contributed by atoms with Gasteiger partial charge in [0.2, 0.25) is 0 Å². The van der Waals surface area contributed by atoms with Crippen molar-refractivity contribution in [2.24, 2.45) is 0 Å². The lowest BCUT2D eigenvalue weighted by atomic mass is 10.1. The molecule has 35 heavy (non-hydrogen) atoms. The van der Waals surface area contributed by atoms with Crippen LogP contribution in [0.2, 0.25) is 22.2 Å². The minimum absolute atomic E-state index is 0.189. The molecule has 9 nitrogen and oxygen atoms in total. The summed E-state index contributed by atoms with van der Waals surface area (Å²) in [6.45, 7) is 17.9. The van der Waals surface area contributed by atoms with Crippen molar-refractivity contribution in [3.63, 3.8) is 0 Å². The standard InChI is InChI=1S/C24H45N3O6Si2/c1-15(2)34(16(3)4)30-14-19-21(32-35(33-34,17(5)6)18(7)8)22(29-11)23(31-19)27-13-12-20(26(9)10)25-24(27)28/h12-13,15-19,21-23H,14H2,1-11H3/t19-,21-,22-,23-/m1/s1. The number of methoxy groups -OCH3 is 1. The summed E-state index contributed by atoms with van der Waals surface area (Å²) in [5.41, 5.74) is 0.476. The van der Waals surface area contributed by atoms with Gasteiger partial charge in [0.15, 0.2) is 6.23 Å². The third-order valence-corrected chi connectivity index (χ3v) is 17.7. The molecule has 0 amide bonds. The Labute approximate surface area is 212 Å². The molecule has 1 aromatic heterocycles. The summed E-state index contributed by atoms with van der Waals surface area (Å²) in [7, 11) is -0.164. The highest BCUT2D eigenvalue weighted by Crippen LogP contribution is 2.48. The van der Waals surface area contributed by atoms with Crippen molar-refractivity contribution < 1.29 is 22.4 Å². The maximum atomic E-state index is 13.0. The number of hydrogen-bond acceptors (Lipinski definition) is 8. The number of anilines is 1. The predicted molar refractivity (Wildman–Crippen MR) is 141 cm³/mol. The van der Waals surface area contributed by atoms with E-state index in [1.807, 2.05) is 14.1 Å². The highest BCUT2D eigenvalue weighted by atomic mass is 28.5. The molecular formula is C24H45N3O6Si2. The Hall–Kier alpha value is -1.09. The first-order valence-electron chi connectivity index (χ1n) is 12.8. The fourth-order valence-corrected chi connectivity index (χ4v) is 16.7. The molecular weight excluding hydrogens is 482 g/mol. The van der Waals surface area contributed by atoms with E-state index in [2.05, 4.69) is 60.4 Å². The largest absolute Gasteiger partial charge is 0.414 e. The van der Waals surface area contributed by atoms with Crippen LogP contribution in [0, 0.1) is 0 Å². The number of rotatable bonds is 7. The van der Waals surface area contributed by atoms with Gasteiger partial charge in [-0.25, -0.2) is 4.79 Å². The first-order chi connectivity index (χ1) is 16.3. The molecule has 0 bridgehead atoms. The lowest BCUT2D eigenvalue weighted by Gasteiger charge is -2.51. The van der Waals surface area contributed by atoms with Gasteiger partial charge in [0, 0.05) is 27.4 Å². The van der Waals surface area contributed by atoms with Crippen LogP contribution in [0.5, 0.6) is 0 Å². The van der Waals surface area contributed by atoms with Crippen molar-refractivity contribution in [3.8, 4) is 0 Å². The molecule has 1 aromatic rings. The Morgan fingerprint density at radius 1 is 1.03 bits per heavy atom. The molecule has 11 heteroatoms. The molecule has 0 radical (unpaired) electrons. The SMILES string of the molecule is CO[C@@H]1[C@@H]2O[Si](C(C)C)(C(C)C)O[Si](C(C)C)(C(C)C)OC[C@H]2O[C@H]1n1ccc(N(C)C)nc1=O. The van der Waals surface area contributed by atoms with Gasteiger partial charge in [-0.1, -0.05) is 55.4 Å². The molecule has 0 aromatic carbocycles. The molecule has 3 rings (SSSR count). The average molecular weight is 528 g/mol. The van der Waals surface area contributed by atoms with E-state index in [9.17, 15) is 4.79 Å². The summed E-state index contributed by atoms with van der Waals surface area (Å²) in [6, 6.07) is 1.80. The van der Waals surface area contributed by atoms with Gasteiger partial charge in [-0.2, -0.15) is 4.98 Å². The van der Waals surface area contributed by atoms with Crippen molar-refractivity contribution in [1.29, 1.82) is 0 Å². The third kappa shape index (κ3) is 5.05. The van der Waals surface area contributed by atoms with E-state index < -0.39 is 35.6 Å². The van der Waals surface area contributed by atoms with Crippen molar-refractivity contribution in [3.05, 3.63) is 22.7 Å². The smallest absolute Gasteiger partial charge is 0.351 e. The van der Waals surface area contributed by atoms with E-state index in [0.29, 0.717) is 12.4 Å². The molecule has 2 aliphatic rings. The highest BCUT2D eigenvalue weighted by molar-refractivity contribution is 6.83. The van der Waals surface area contributed by atoms with Crippen LogP contribution < -0.4 is 10.6 Å². The molecule has 0 aliphatic carbocycles. The number of fused-ring (bicyclic) bond motifs is 1. The van der Waals surface area contributed by atoms with E-state index in [1.54, 1.807) is 24.3 Å². The fourth-order valence-electron chi connectivity index (χ4n) is 5.44. The van der Waals surface area contributed by atoms with Crippen LogP contribution in [0.3, 0.4) is 0 Å². The van der Waals surface area contributed by atoms with Gasteiger partial charge < -0.3 is 27.3 Å². The van der Waals surface area contributed by atoms with Gasteiger partial charge in [0.1, 0.15) is 24.1 Å². The van der Waals surface area contributed by atoms with Gasteiger partial charge >= 0.3 is 22.8 Å². The zero-order valence-electron chi connectivity index (χ0n) is 23.3. The monoisotopic (exact) mass is 527 g/mol. The lowest BCUT2D eigenvalue weighted by molar-refractivity contribution is -0.0638. The molecule has 0 N–H and O–H groups in total. The van der Waals surface area contributed by atoms with E-state index in [4.69, 9.17) is 22.4 Å². The van der Waals surface area contributed by atoms with Crippen LogP contribution in [0.25, 0.3) is 0 Å². The number of hydrogen-bond donors (Lipinski definition) is 0. The summed E-state index contributed by atoms with van der Waals surface area (Å²) >= 11 is 0. The second kappa shape index (κ2) is 10.7. The average Bonchev–Trinajstić information content (AvgIpc) is 3.08. The van der Waals surface area contributed by atoms with Crippen LogP contribution >= 0.6 is 0 Å². The van der Waals surface area contributed by atoms with Crippen molar-refractivity contribution in [2.75, 3.05) is 32.7 Å². The molecule has 0 spiro atoms. The minimum Gasteiger partial charge on any atom is -0.414 e. The van der Waals surface area contributed by atoms with Gasteiger partial charge in [-0.05, 0) is 28.2 Å². The topological polar surface area (TPSA) is 84.3 Å². The molecule has 3 heterocycles. The summed E-state index contributed by atoms with van der Waals surface area (Å²) < 4.78 is 35.1. The Bertz CT molecular complexity index is 907. The number of ether oxygens (including phenoxy) is 2.